The molecule has 1 amide bonds. The van der Waals surface area contributed by atoms with Gasteiger partial charge in [-0.05, 0) is 35.4 Å². The summed E-state index contributed by atoms with van der Waals surface area (Å²) in [5, 5.41) is 5.10. The van der Waals surface area contributed by atoms with Gasteiger partial charge in [0, 0.05) is 24.2 Å². The lowest BCUT2D eigenvalue weighted by Gasteiger charge is -2.15. The van der Waals surface area contributed by atoms with Crippen LogP contribution in [0.4, 0.5) is 5.82 Å². The molecule has 3 N–H and O–H groups in total. The van der Waals surface area contributed by atoms with Gasteiger partial charge in [0.1, 0.15) is 17.9 Å². The molecule has 0 unspecified atom stereocenters. The summed E-state index contributed by atoms with van der Waals surface area (Å²) in [6, 6.07) is 18.4. The third kappa shape index (κ3) is 4.81. The van der Waals surface area contributed by atoms with Crippen LogP contribution in [0.25, 0.3) is 22.2 Å². The normalized spacial score (nSPS) is 12.9. The van der Waals surface area contributed by atoms with Gasteiger partial charge in [0.2, 0.25) is 11.8 Å². The number of carbonyl (C=O) groups is 1. The molecule has 0 radical (unpaired) electrons. The summed E-state index contributed by atoms with van der Waals surface area (Å²) in [6.45, 7) is 1.73. The Labute approximate surface area is 196 Å². The van der Waals surface area contributed by atoms with E-state index in [-0.39, 0.29) is 5.91 Å². The van der Waals surface area contributed by atoms with E-state index in [1.807, 2.05) is 36.5 Å². The van der Waals surface area contributed by atoms with E-state index in [0.717, 1.165) is 52.3 Å². The molecule has 0 saturated carbocycles. The van der Waals surface area contributed by atoms with Crippen LogP contribution in [0.3, 0.4) is 0 Å². The summed E-state index contributed by atoms with van der Waals surface area (Å²) in [5.41, 5.74) is 6.08. The Morgan fingerprint density at radius 1 is 1.06 bits per heavy atom. The molecule has 5 rings (SSSR count). The summed E-state index contributed by atoms with van der Waals surface area (Å²) in [4.78, 5) is 26.2. The lowest BCUT2D eigenvalue weighted by molar-refractivity contribution is -0.670. The van der Waals surface area contributed by atoms with Crippen LogP contribution in [-0.2, 0) is 17.8 Å². The molecule has 1 aliphatic rings. The minimum absolute atomic E-state index is 0.0132. The highest BCUT2D eigenvalue weighted by Gasteiger charge is 2.17. The molecule has 0 saturated heterocycles. The van der Waals surface area contributed by atoms with Crippen molar-refractivity contribution in [3.63, 3.8) is 0 Å². The minimum Gasteiger partial charge on any atom is -0.481 e. The zero-order valence-electron chi connectivity index (χ0n) is 18.2. The predicted octanol–water partition coefficient (Wildman–Crippen LogP) is 3.05. The third-order valence-electron chi connectivity index (χ3n) is 5.56. The number of nitrogens with two attached hydrogens (primary N) is 1. The number of nitrogens with one attached hydrogen (secondary N) is 1. The molecule has 0 bridgehead atoms. The second-order valence-electron chi connectivity index (χ2n) is 7.79. The number of ether oxygens (including phenoxy) is 1. The maximum absolute atomic E-state index is 11.6. The van der Waals surface area contributed by atoms with Crippen LogP contribution in [0, 0.1) is 0 Å². The first-order chi connectivity index (χ1) is 16.2. The first-order valence-electron chi connectivity index (χ1n) is 10.8. The quantitative estimate of drug-likeness (QED) is 0.414. The molecular weight excluding hydrogens is 434 g/mol. The molecule has 0 spiro atoms. The Morgan fingerprint density at radius 3 is 2.79 bits per heavy atom. The molecule has 0 fully saturated rings. The van der Waals surface area contributed by atoms with Gasteiger partial charge in [0.05, 0.1) is 35.5 Å². The number of fused-ring (bicyclic) bond motifs is 2. The van der Waals surface area contributed by atoms with E-state index < -0.39 is 0 Å². The second-order valence-corrected chi connectivity index (χ2v) is 8.81. The van der Waals surface area contributed by atoms with Gasteiger partial charge in [-0.1, -0.05) is 24.3 Å². The van der Waals surface area contributed by atoms with Crippen molar-refractivity contribution < 1.29 is 14.8 Å². The first-order valence-corrected chi connectivity index (χ1v) is 11.8. The molecule has 4 aromatic rings. The predicted molar refractivity (Wildman–Crippen MR) is 129 cm³/mol. The lowest BCUT2D eigenvalue weighted by Crippen LogP contribution is -2.83. The average Bonchev–Trinajstić information content (AvgIpc) is 2.86. The molecule has 4 heterocycles. The summed E-state index contributed by atoms with van der Waals surface area (Å²) in [6.07, 6.45) is 2.77. The molecule has 0 aliphatic carbocycles. The number of quaternary nitrogens is 1. The van der Waals surface area contributed by atoms with Crippen LogP contribution in [0.15, 0.2) is 65.7 Å². The minimum atomic E-state index is 0.0132. The number of pyridine rings is 3. The van der Waals surface area contributed by atoms with E-state index in [1.54, 1.807) is 7.11 Å². The smallest absolute Gasteiger partial charge is 0.235 e. The van der Waals surface area contributed by atoms with E-state index in [1.165, 1.54) is 17.3 Å². The Morgan fingerprint density at radius 2 is 1.94 bits per heavy atom. The highest BCUT2D eigenvalue weighted by atomic mass is 32.2. The molecule has 3 aromatic heterocycles. The van der Waals surface area contributed by atoms with Gasteiger partial charge in [0.15, 0.2) is 0 Å². The maximum Gasteiger partial charge on any atom is 0.235 e. The standard InChI is InChI=1S/C25H23N5O2S/c1-32-23-9-7-20-24(30-23)19(11-13-27-20)17-4-2-16(3-5-17)10-12-26-14-18-6-8-21-25(28-18)29-22(31)15-33-21/h2-9,11,13,26H,10,12,14-15H2,1H3,(H,28,29,31)/p+1. The van der Waals surface area contributed by atoms with Crippen LogP contribution in [-0.4, -0.2) is 40.3 Å². The molecule has 8 heteroatoms. The molecule has 0 atom stereocenters. The van der Waals surface area contributed by atoms with Crippen LogP contribution in [0.5, 0.6) is 5.88 Å². The van der Waals surface area contributed by atoms with Crippen molar-refractivity contribution >= 4 is 34.5 Å². The number of benzene rings is 1. The third-order valence-corrected chi connectivity index (χ3v) is 6.60. The van der Waals surface area contributed by atoms with Crippen molar-refractivity contribution in [1.82, 2.24) is 15.0 Å². The van der Waals surface area contributed by atoms with Crippen molar-refractivity contribution in [2.24, 2.45) is 0 Å². The van der Waals surface area contributed by atoms with Gasteiger partial charge in [0.25, 0.3) is 0 Å². The Bertz CT molecular complexity index is 1310. The zero-order chi connectivity index (χ0) is 22.6. The fourth-order valence-corrected chi connectivity index (χ4v) is 4.60. The van der Waals surface area contributed by atoms with E-state index in [4.69, 9.17) is 4.74 Å². The fourth-order valence-electron chi connectivity index (χ4n) is 3.84. The van der Waals surface area contributed by atoms with E-state index in [0.29, 0.717) is 17.5 Å². The van der Waals surface area contributed by atoms with E-state index >= 15 is 0 Å². The maximum atomic E-state index is 11.6. The monoisotopic (exact) mass is 458 g/mol. The largest absolute Gasteiger partial charge is 0.481 e. The van der Waals surface area contributed by atoms with Crippen molar-refractivity contribution in [3.8, 4) is 17.0 Å². The summed E-state index contributed by atoms with van der Waals surface area (Å²) in [5.74, 6) is 1.74. The number of thioether (sulfide) groups is 1. The van der Waals surface area contributed by atoms with Gasteiger partial charge in [-0.2, -0.15) is 0 Å². The van der Waals surface area contributed by atoms with Crippen molar-refractivity contribution in [2.45, 2.75) is 17.9 Å². The number of amides is 1. The van der Waals surface area contributed by atoms with Crippen molar-refractivity contribution in [3.05, 3.63) is 72.1 Å². The zero-order valence-corrected chi connectivity index (χ0v) is 19.1. The highest BCUT2D eigenvalue weighted by molar-refractivity contribution is 8.00. The van der Waals surface area contributed by atoms with Gasteiger partial charge >= 0.3 is 0 Å². The first kappa shape index (κ1) is 21.4. The molecule has 166 valence electrons. The summed E-state index contributed by atoms with van der Waals surface area (Å²) < 4.78 is 5.28. The van der Waals surface area contributed by atoms with Crippen LogP contribution >= 0.6 is 11.8 Å². The number of aromatic nitrogens is 3. The molecule has 7 nitrogen and oxygen atoms in total. The van der Waals surface area contributed by atoms with Crippen LogP contribution in [0.1, 0.15) is 11.3 Å². The van der Waals surface area contributed by atoms with E-state index in [9.17, 15) is 4.79 Å². The van der Waals surface area contributed by atoms with Crippen LogP contribution < -0.4 is 15.4 Å². The SMILES string of the molecule is COc1ccc2nccc(-c3ccc(CC[NH2+]Cc4ccc5c(n4)NC(=O)CS5)cc3)c2n1. The highest BCUT2D eigenvalue weighted by Crippen LogP contribution is 2.30. The number of methoxy groups -OCH3 is 1. The van der Waals surface area contributed by atoms with Crippen molar-refractivity contribution in [1.29, 1.82) is 0 Å². The Balaban J connectivity index is 1.20. The van der Waals surface area contributed by atoms with Crippen LogP contribution in [0.2, 0.25) is 0 Å². The number of hydrogen-bond acceptors (Lipinski definition) is 6. The molecule has 33 heavy (non-hydrogen) atoms. The number of carbonyl (C=O) groups excluding carboxylic acids is 1. The van der Waals surface area contributed by atoms with Gasteiger partial charge in [-0.25, -0.2) is 9.97 Å². The number of nitrogens with zero attached hydrogens (tertiary/aromatic N) is 3. The van der Waals surface area contributed by atoms with Gasteiger partial charge in [-0.3, -0.25) is 9.78 Å². The van der Waals surface area contributed by atoms with Gasteiger partial charge < -0.3 is 15.4 Å². The van der Waals surface area contributed by atoms with E-state index in [2.05, 4.69) is 49.9 Å². The molecule has 1 aromatic carbocycles. The number of rotatable bonds is 7. The number of hydrogen-bond donors (Lipinski definition) is 2. The number of anilines is 1. The molecule has 1 aliphatic heterocycles. The Kier molecular flexibility index (Phi) is 6.19. The summed E-state index contributed by atoms with van der Waals surface area (Å²) >= 11 is 1.53. The lowest BCUT2D eigenvalue weighted by atomic mass is 10.0. The topological polar surface area (TPSA) is 93.6 Å². The second kappa shape index (κ2) is 9.56. The average molecular weight is 459 g/mol. The van der Waals surface area contributed by atoms with Crippen molar-refractivity contribution in [2.75, 3.05) is 24.7 Å². The fraction of sp³-hybridized carbons (Fsp3) is 0.200. The van der Waals surface area contributed by atoms with Gasteiger partial charge in [-0.15, -0.1) is 11.8 Å². The molecular formula is C25H24N5O2S+. The Hall–Kier alpha value is -3.49. The summed E-state index contributed by atoms with van der Waals surface area (Å²) in [7, 11) is 1.62.